The number of ether oxygens (including phenoxy) is 1. The molecule has 0 radical (unpaired) electrons. The van der Waals surface area contributed by atoms with Crippen LogP contribution in [0.1, 0.15) is 18.9 Å². The number of fused-ring (bicyclic) bond motifs is 1. The van der Waals surface area contributed by atoms with E-state index in [1.54, 1.807) is 0 Å². The smallest absolute Gasteiger partial charge is 0.143 e. The molecule has 1 N–H and O–H groups in total. The molecule has 92 valence electrons. The van der Waals surface area contributed by atoms with Gasteiger partial charge in [0, 0.05) is 26.1 Å². The van der Waals surface area contributed by atoms with Gasteiger partial charge in [0.15, 0.2) is 0 Å². The second-order valence-corrected chi connectivity index (χ2v) is 5.51. The summed E-state index contributed by atoms with van der Waals surface area (Å²) in [5.41, 5.74) is 2.56. The summed E-state index contributed by atoms with van der Waals surface area (Å²) >= 11 is 0. The van der Waals surface area contributed by atoms with E-state index in [4.69, 9.17) is 4.74 Å². The Bertz CT molecular complexity index is 432. The molecule has 17 heavy (non-hydrogen) atoms. The number of anilines is 1. The monoisotopic (exact) mass is 232 g/mol. The van der Waals surface area contributed by atoms with Gasteiger partial charge in [0.05, 0.1) is 5.69 Å². The standard InChI is InChI=1S/C14H20N2O/c1-14(7-9-16(2)10-14)17-12-5-3-4-11-6-8-15-13(11)12/h3-5,15H,6-10H2,1-2H3. The third-order valence-corrected chi connectivity index (χ3v) is 3.79. The highest BCUT2D eigenvalue weighted by Gasteiger charge is 2.35. The molecule has 0 aliphatic carbocycles. The van der Waals surface area contributed by atoms with Crippen LogP contribution in [0.25, 0.3) is 0 Å². The highest BCUT2D eigenvalue weighted by molar-refractivity contribution is 5.65. The Morgan fingerprint density at radius 1 is 1.41 bits per heavy atom. The summed E-state index contributed by atoms with van der Waals surface area (Å²) in [7, 11) is 2.16. The van der Waals surface area contributed by atoms with E-state index in [-0.39, 0.29) is 5.60 Å². The van der Waals surface area contributed by atoms with Crippen molar-refractivity contribution >= 4 is 5.69 Å². The first-order chi connectivity index (χ1) is 8.16. The lowest BCUT2D eigenvalue weighted by Gasteiger charge is -2.27. The van der Waals surface area contributed by atoms with E-state index in [0.717, 1.165) is 38.2 Å². The first-order valence-electron chi connectivity index (χ1n) is 6.40. The number of nitrogens with zero attached hydrogens (tertiary/aromatic N) is 1. The lowest BCUT2D eigenvalue weighted by molar-refractivity contribution is 0.101. The molecule has 1 unspecified atom stereocenters. The van der Waals surface area contributed by atoms with Crippen LogP contribution in [0.5, 0.6) is 5.75 Å². The van der Waals surface area contributed by atoms with E-state index in [2.05, 4.69) is 42.4 Å². The van der Waals surface area contributed by atoms with Crippen molar-refractivity contribution in [3.05, 3.63) is 23.8 Å². The summed E-state index contributed by atoms with van der Waals surface area (Å²) in [6.45, 7) is 5.38. The number of para-hydroxylation sites is 1. The van der Waals surface area contributed by atoms with Gasteiger partial charge < -0.3 is 15.0 Å². The number of likely N-dealkylation sites (tertiary alicyclic amines) is 1. The van der Waals surface area contributed by atoms with Gasteiger partial charge in [-0.1, -0.05) is 12.1 Å². The Morgan fingerprint density at radius 2 is 2.29 bits per heavy atom. The van der Waals surface area contributed by atoms with Gasteiger partial charge >= 0.3 is 0 Å². The number of nitrogens with one attached hydrogen (secondary N) is 1. The fraction of sp³-hybridized carbons (Fsp3) is 0.571. The summed E-state index contributed by atoms with van der Waals surface area (Å²) in [5, 5.41) is 3.43. The molecule has 0 spiro atoms. The number of hydrogen-bond acceptors (Lipinski definition) is 3. The number of hydrogen-bond donors (Lipinski definition) is 1. The maximum atomic E-state index is 6.27. The molecule has 0 aromatic heterocycles. The quantitative estimate of drug-likeness (QED) is 0.845. The summed E-state index contributed by atoms with van der Waals surface area (Å²) in [4.78, 5) is 2.33. The van der Waals surface area contributed by atoms with Gasteiger partial charge in [-0.3, -0.25) is 0 Å². The van der Waals surface area contributed by atoms with Crippen molar-refractivity contribution < 1.29 is 4.74 Å². The molecule has 3 nitrogen and oxygen atoms in total. The summed E-state index contributed by atoms with van der Waals surface area (Å²) in [6.07, 6.45) is 2.22. The molecule has 0 amide bonds. The first kappa shape index (κ1) is 10.9. The van der Waals surface area contributed by atoms with Crippen LogP contribution in [0.2, 0.25) is 0 Å². The van der Waals surface area contributed by atoms with Crippen LogP contribution < -0.4 is 10.1 Å². The molecule has 2 aliphatic heterocycles. The molecule has 1 fully saturated rings. The molecule has 0 bridgehead atoms. The minimum Gasteiger partial charge on any atom is -0.484 e. The molecule has 0 saturated carbocycles. The van der Waals surface area contributed by atoms with Crippen LogP contribution in [0.3, 0.4) is 0 Å². The van der Waals surface area contributed by atoms with Crippen molar-refractivity contribution in [3.8, 4) is 5.75 Å². The van der Waals surface area contributed by atoms with Gasteiger partial charge in [0.1, 0.15) is 11.4 Å². The molecule has 2 aliphatic rings. The van der Waals surface area contributed by atoms with Crippen LogP contribution in [0.15, 0.2) is 18.2 Å². The third-order valence-electron chi connectivity index (χ3n) is 3.79. The fourth-order valence-electron chi connectivity index (χ4n) is 2.90. The number of rotatable bonds is 2. The lowest BCUT2D eigenvalue weighted by Crippen LogP contribution is -2.35. The number of benzene rings is 1. The van der Waals surface area contributed by atoms with E-state index in [1.165, 1.54) is 11.3 Å². The Balaban J connectivity index is 1.84. The summed E-state index contributed by atoms with van der Waals surface area (Å²) < 4.78 is 6.27. The zero-order valence-corrected chi connectivity index (χ0v) is 10.6. The Labute approximate surface area is 103 Å². The normalized spacial score (nSPS) is 27.9. The molecule has 3 heteroatoms. The van der Waals surface area contributed by atoms with Crippen molar-refractivity contribution in [2.75, 3.05) is 32.0 Å². The summed E-state index contributed by atoms with van der Waals surface area (Å²) in [5.74, 6) is 1.03. The van der Waals surface area contributed by atoms with E-state index in [0.29, 0.717) is 0 Å². The molecule has 2 heterocycles. The zero-order valence-electron chi connectivity index (χ0n) is 10.6. The Kier molecular flexibility index (Phi) is 2.51. The van der Waals surface area contributed by atoms with Gasteiger partial charge in [-0.15, -0.1) is 0 Å². The average molecular weight is 232 g/mol. The van der Waals surface area contributed by atoms with Gasteiger partial charge in [-0.2, -0.15) is 0 Å². The van der Waals surface area contributed by atoms with Gasteiger partial charge in [0.2, 0.25) is 0 Å². The minimum absolute atomic E-state index is 0.0336. The van der Waals surface area contributed by atoms with Gasteiger partial charge in [-0.05, 0) is 32.0 Å². The third kappa shape index (κ3) is 2.00. The second-order valence-electron chi connectivity index (χ2n) is 5.51. The fourth-order valence-corrected chi connectivity index (χ4v) is 2.90. The first-order valence-corrected chi connectivity index (χ1v) is 6.40. The average Bonchev–Trinajstić information content (AvgIpc) is 2.86. The van der Waals surface area contributed by atoms with Crippen LogP contribution in [-0.4, -0.2) is 37.2 Å². The highest BCUT2D eigenvalue weighted by atomic mass is 16.5. The van der Waals surface area contributed by atoms with Crippen LogP contribution >= 0.6 is 0 Å². The van der Waals surface area contributed by atoms with E-state index in [1.807, 2.05) is 0 Å². The van der Waals surface area contributed by atoms with Crippen molar-refractivity contribution in [1.29, 1.82) is 0 Å². The summed E-state index contributed by atoms with van der Waals surface area (Å²) in [6, 6.07) is 6.37. The molecule has 3 rings (SSSR count). The van der Waals surface area contributed by atoms with Crippen LogP contribution in [-0.2, 0) is 6.42 Å². The van der Waals surface area contributed by atoms with Gasteiger partial charge in [0.25, 0.3) is 0 Å². The second kappa shape index (κ2) is 3.91. The maximum Gasteiger partial charge on any atom is 0.143 e. The Hall–Kier alpha value is -1.22. The van der Waals surface area contributed by atoms with E-state index < -0.39 is 0 Å². The lowest BCUT2D eigenvalue weighted by atomic mass is 10.1. The molecule has 1 saturated heterocycles. The van der Waals surface area contributed by atoms with Crippen molar-refractivity contribution in [2.24, 2.45) is 0 Å². The van der Waals surface area contributed by atoms with Crippen molar-refractivity contribution in [1.82, 2.24) is 4.90 Å². The molecular formula is C14H20N2O. The van der Waals surface area contributed by atoms with E-state index in [9.17, 15) is 0 Å². The molecule has 1 atom stereocenters. The Morgan fingerprint density at radius 3 is 3.06 bits per heavy atom. The highest BCUT2D eigenvalue weighted by Crippen LogP contribution is 2.36. The largest absolute Gasteiger partial charge is 0.484 e. The van der Waals surface area contributed by atoms with Crippen molar-refractivity contribution in [2.45, 2.75) is 25.4 Å². The predicted molar refractivity (Wildman–Crippen MR) is 69.8 cm³/mol. The molecule has 1 aromatic rings. The molecular weight excluding hydrogens is 212 g/mol. The van der Waals surface area contributed by atoms with E-state index >= 15 is 0 Å². The SMILES string of the molecule is CN1CCC(C)(Oc2cccc3c2NCC3)C1. The topological polar surface area (TPSA) is 24.5 Å². The zero-order chi connectivity index (χ0) is 11.9. The van der Waals surface area contributed by atoms with Crippen LogP contribution in [0.4, 0.5) is 5.69 Å². The van der Waals surface area contributed by atoms with Gasteiger partial charge in [-0.25, -0.2) is 0 Å². The van der Waals surface area contributed by atoms with Crippen LogP contribution in [0, 0.1) is 0 Å². The van der Waals surface area contributed by atoms with Crippen molar-refractivity contribution in [3.63, 3.8) is 0 Å². The predicted octanol–water partition coefficient (Wildman–Crippen LogP) is 2.13. The minimum atomic E-state index is -0.0336. The number of likely N-dealkylation sites (N-methyl/N-ethyl adjacent to an activating group) is 1. The maximum absolute atomic E-state index is 6.27. The molecule has 1 aromatic carbocycles.